The van der Waals surface area contributed by atoms with Gasteiger partial charge in [0.1, 0.15) is 23.8 Å². The Kier molecular flexibility index (Phi) is 6.40. The summed E-state index contributed by atoms with van der Waals surface area (Å²) in [5, 5.41) is 17.7. The minimum Gasteiger partial charge on any atom is -0.497 e. The third-order valence-electron chi connectivity index (χ3n) is 4.00. The molecule has 23 heavy (non-hydrogen) atoms. The summed E-state index contributed by atoms with van der Waals surface area (Å²) in [5.41, 5.74) is 1.69. The fourth-order valence-corrected chi connectivity index (χ4v) is 2.68. The van der Waals surface area contributed by atoms with Crippen molar-refractivity contribution in [3.63, 3.8) is 0 Å². The van der Waals surface area contributed by atoms with Crippen molar-refractivity contribution in [2.24, 2.45) is 0 Å². The van der Waals surface area contributed by atoms with Crippen molar-refractivity contribution in [1.29, 1.82) is 0 Å². The van der Waals surface area contributed by atoms with Crippen molar-refractivity contribution in [3.8, 4) is 11.5 Å². The van der Waals surface area contributed by atoms with Crippen molar-refractivity contribution in [1.82, 2.24) is 15.0 Å². The summed E-state index contributed by atoms with van der Waals surface area (Å²) in [6.07, 6.45) is 1.99. The molecule has 0 aliphatic rings. The Morgan fingerprint density at radius 3 is 2.35 bits per heavy atom. The van der Waals surface area contributed by atoms with Crippen LogP contribution in [-0.2, 0) is 13.2 Å². The Hall–Kier alpha value is -2.08. The maximum absolute atomic E-state index is 9.47. The molecule has 2 rings (SSSR count). The van der Waals surface area contributed by atoms with Gasteiger partial charge in [-0.05, 0) is 37.1 Å². The van der Waals surface area contributed by atoms with Crippen molar-refractivity contribution in [2.45, 2.75) is 45.8 Å². The summed E-state index contributed by atoms with van der Waals surface area (Å²) < 4.78 is 12.7. The van der Waals surface area contributed by atoms with Crippen LogP contribution < -0.4 is 9.47 Å². The highest BCUT2D eigenvalue weighted by molar-refractivity contribution is 5.31. The van der Waals surface area contributed by atoms with E-state index in [1.54, 1.807) is 7.11 Å². The van der Waals surface area contributed by atoms with E-state index in [-0.39, 0.29) is 6.61 Å². The Morgan fingerprint density at radius 1 is 1.13 bits per heavy atom. The van der Waals surface area contributed by atoms with Gasteiger partial charge in [0.05, 0.1) is 26.0 Å². The second-order valence-electron chi connectivity index (χ2n) is 5.34. The number of hydrogen-bond donors (Lipinski definition) is 1. The van der Waals surface area contributed by atoms with Gasteiger partial charge in [-0.2, -0.15) is 0 Å². The van der Waals surface area contributed by atoms with Crippen LogP contribution in [0.3, 0.4) is 0 Å². The highest BCUT2D eigenvalue weighted by Crippen LogP contribution is 2.25. The van der Waals surface area contributed by atoms with Gasteiger partial charge in [-0.25, -0.2) is 4.68 Å². The largest absolute Gasteiger partial charge is 0.497 e. The smallest absolute Gasteiger partial charge is 0.119 e. The number of ether oxygens (including phenoxy) is 2. The molecule has 0 unspecified atom stereocenters. The second-order valence-corrected chi connectivity index (χ2v) is 5.34. The van der Waals surface area contributed by atoms with Gasteiger partial charge in [0.25, 0.3) is 0 Å². The molecule has 0 fully saturated rings. The molecule has 0 saturated heterocycles. The molecule has 0 spiro atoms. The van der Waals surface area contributed by atoms with Crippen LogP contribution >= 0.6 is 0 Å². The molecule has 1 aromatic carbocycles. The lowest BCUT2D eigenvalue weighted by Crippen LogP contribution is -2.15. The standard InChI is InChI=1S/C17H25N3O3/c1-4-13(5-2)17-16(12-21)18-19-20(17)10-11-23-15-8-6-14(22-3)7-9-15/h6-9,13,21H,4-5,10-12H2,1-3H3. The average molecular weight is 319 g/mol. The van der Waals surface area contributed by atoms with Gasteiger partial charge in [-0.3, -0.25) is 0 Å². The van der Waals surface area contributed by atoms with Crippen LogP contribution in [0.25, 0.3) is 0 Å². The average Bonchev–Trinajstić information content (AvgIpc) is 3.00. The first-order chi connectivity index (χ1) is 11.2. The monoisotopic (exact) mass is 319 g/mol. The lowest BCUT2D eigenvalue weighted by Gasteiger charge is -2.16. The highest BCUT2D eigenvalue weighted by atomic mass is 16.5. The van der Waals surface area contributed by atoms with Gasteiger partial charge in [-0.15, -0.1) is 5.10 Å². The molecule has 1 heterocycles. The maximum Gasteiger partial charge on any atom is 0.119 e. The van der Waals surface area contributed by atoms with Crippen molar-refractivity contribution in [3.05, 3.63) is 35.7 Å². The molecular weight excluding hydrogens is 294 g/mol. The van der Waals surface area contributed by atoms with E-state index in [1.165, 1.54) is 0 Å². The lowest BCUT2D eigenvalue weighted by molar-refractivity contribution is 0.272. The van der Waals surface area contributed by atoms with Crippen LogP contribution in [-0.4, -0.2) is 33.8 Å². The second kappa shape index (κ2) is 8.53. The molecule has 0 atom stereocenters. The summed E-state index contributed by atoms with van der Waals surface area (Å²) in [5.74, 6) is 1.95. The number of aliphatic hydroxyl groups is 1. The fraction of sp³-hybridized carbons (Fsp3) is 0.529. The molecule has 0 aliphatic heterocycles. The fourth-order valence-electron chi connectivity index (χ4n) is 2.68. The summed E-state index contributed by atoms with van der Waals surface area (Å²) in [6.45, 7) is 5.30. The quantitative estimate of drug-likeness (QED) is 0.769. The molecule has 126 valence electrons. The van der Waals surface area contributed by atoms with Crippen LogP contribution in [0.5, 0.6) is 11.5 Å². The third kappa shape index (κ3) is 4.22. The SMILES string of the molecule is CCC(CC)c1c(CO)nnn1CCOc1ccc(OC)cc1. The first-order valence-corrected chi connectivity index (χ1v) is 8.03. The molecule has 0 radical (unpaired) electrons. The summed E-state index contributed by atoms with van der Waals surface area (Å²) in [6, 6.07) is 7.48. The van der Waals surface area contributed by atoms with Gasteiger partial charge in [-0.1, -0.05) is 19.1 Å². The van der Waals surface area contributed by atoms with Crippen LogP contribution in [0.1, 0.15) is 44.0 Å². The molecule has 0 aliphatic carbocycles. The molecule has 6 nitrogen and oxygen atoms in total. The van der Waals surface area contributed by atoms with Crippen molar-refractivity contribution in [2.75, 3.05) is 13.7 Å². The number of aromatic nitrogens is 3. The number of benzene rings is 1. The Balaban J connectivity index is 2.00. The zero-order valence-electron chi connectivity index (χ0n) is 14.0. The minimum atomic E-state index is -0.0782. The topological polar surface area (TPSA) is 69.4 Å². The van der Waals surface area contributed by atoms with E-state index in [0.717, 1.165) is 30.0 Å². The Bertz CT molecular complexity index is 592. The lowest BCUT2D eigenvalue weighted by atomic mass is 9.97. The third-order valence-corrected chi connectivity index (χ3v) is 4.00. The molecule has 0 saturated carbocycles. The number of nitrogens with zero attached hydrogens (tertiary/aromatic N) is 3. The minimum absolute atomic E-state index is 0.0782. The van der Waals surface area contributed by atoms with Gasteiger partial charge >= 0.3 is 0 Å². The van der Waals surface area contributed by atoms with Crippen LogP contribution in [0, 0.1) is 0 Å². The van der Waals surface area contributed by atoms with E-state index in [2.05, 4.69) is 24.2 Å². The molecule has 6 heteroatoms. The first kappa shape index (κ1) is 17.3. The Labute approximate surface area is 137 Å². The van der Waals surface area contributed by atoms with Gasteiger partial charge in [0, 0.05) is 5.92 Å². The van der Waals surface area contributed by atoms with Gasteiger partial charge in [0.2, 0.25) is 0 Å². The highest BCUT2D eigenvalue weighted by Gasteiger charge is 2.19. The molecule has 1 aromatic heterocycles. The summed E-state index contributed by atoms with van der Waals surface area (Å²) in [4.78, 5) is 0. The number of rotatable bonds is 9. The molecular formula is C17H25N3O3. The van der Waals surface area contributed by atoms with Gasteiger partial charge in [0.15, 0.2) is 0 Å². The Morgan fingerprint density at radius 2 is 1.78 bits per heavy atom. The predicted molar refractivity (Wildman–Crippen MR) is 87.8 cm³/mol. The zero-order chi connectivity index (χ0) is 16.7. The zero-order valence-corrected chi connectivity index (χ0v) is 14.0. The van der Waals surface area contributed by atoms with Crippen molar-refractivity contribution < 1.29 is 14.6 Å². The van der Waals surface area contributed by atoms with Gasteiger partial charge < -0.3 is 14.6 Å². The van der Waals surface area contributed by atoms with Crippen LogP contribution in [0.2, 0.25) is 0 Å². The summed E-state index contributed by atoms with van der Waals surface area (Å²) in [7, 11) is 1.64. The summed E-state index contributed by atoms with van der Waals surface area (Å²) >= 11 is 0. The van der Waals surface area contributed by atoms with Crippen LogP contribution in [0.15, 0.2) is 24.3 Å². The molecule has 1 N–H and O–H groups in total. The first-order valence-electron chi connectivity index (χ1n) is 8.03. The predicted octanol–water partition coefficient (Wildman–Crippen LogP) is 2.76. The van der Waals surface area contributed by atoms with E-state index in [9.17, 15) is 5.11 Å². The molecule has 0 amide bonds. The van der Waals surface area contributed by atoms with Crippen LogP contribution in [0.4, 0.5) is 0 Å². The van der Waals surface area contributed by atoms with E-state index in [1.807, 2.05) is 28.9 Å². The van der Waals surface area contributed by atoms with Crippen molar-refractivity contribution >= 4 is 0 Å². The molecule has 2 aromatic rings. The number of methoxy groups -OCH3 is 1. The van der Waals surface area contributed by atoms with E-state index >= 15 is 0 Å². The van der Waals surface area contributed by atoms with E-state index in [4.69, 9.17) is 9.47 Å². The number of aliphatic hydroxyl groups excluding tert-OH is 1. The normalized spacial score (nSPS) is 11.0. The number of hydrogen-bond acceptors (Lipinski definition) is 5. The van der Waals surface area contributed by atoms with E-state index < -0.39 is 0 Å². The van der Waals surface area contributed by atoms with E-state index in [0.29, 0.717) is 24.8 Å². The molecule has 0 bridgehead atoms. The maximum atomic E-state index is 9.47.